The van der Waals surface area contributed by atoms with Gasteiger partial charge in [-0.15, -0.1) is 0 Å². The van der Waals surface area contributed by atoms with Crippen LogP contribution < -0.4 is 5.32 Å². The largest absolute Gasteiger partial charge is 0.466 e. The Kier molecular flexibility index (Phi) is 4.36. The molecule has 1 aromatic heterocycles. The molecule has 0 spiro atoms. The molecule has 0 aliphatic rings. The predicted octanol–water partition coefficient (Wildman–Crippen LogP) is 2.00. The lowest BCUT2D eigenvalue weighted by Crippen LogP contribution is -2.36. The van der Waals surface area contributed by atoms with Gasteiger partial charge >= 0.3 is 0 Å². The first kappa shape index (κ1) is 12.3. The van der Waals surface area contributed by atoms with Crippen LogP contribution in [0.4, 0.5) is 0 Å². The Bertz CT molecular complexity index is 305. The third kappa shape index (κ3) is 3.36. The molecule has 0 aliphatic heterocycles. The molecule has 2 N–H and O–H groups in total. The quantitative estimate of drug-likeness (QED) is 0.783. The number of hydrogen-bond donors (Lipinski definition) is 2. The Labute approximate surface area is 91.5 Å². The van der Waals surface area contributed by atoms with Crippen molar-refractivity contribution in [2.75, 3.05) is 6.61 Å². The van der Waals surface area contributed by atoms with Gasteiger partial charge in [-0.3, -0.25) is 0 Å². The van der Waals surface area contributed by atoms with Crippen molar-refractivity contribution in [2.45, 2.75) is 40.3 Å². The topological polar surface area (TPSA) is 45.4 Å². The van der Waals surface area contributed by atoms with Gasteiger partial charge in [-0.05, 0) is 25.8 Å². The van der Waals surface area contributed by atoms with Gasteiger partial charge in [0.25, 0.3) is 0 Å². The molecule has 1 atom stereocenters. The van der Waals surface area contributed by atoms with Crippen LogP contribution in [0.15, 0.2) is 10.5 Å². The average molecular weight is 211 g/mol. The lowest BCUT2D eigenvalue weighted by atomic mass is 10.1. The molecular formula is C12H21NO2. The van der Waals surface area contributed by atoms with Crippen molar-refractivity contribution in [1.29, 1.82) is 0 Å². The van der Waals surface area contributed by atoms with Crippen LogP contribution in [0.5, 0.6) is 0 Å². The van der Waals surface area contributed by atoms with Crippen LogP contribution in [-0.2, 0) is 6.54 Å². The van der Waals surface area contributed by atoms with Crippen LogP contribution in [0.2, 0.25) is 0 Å². The van der Waals surface area contributed by atoms with E-state index in [1.165, 1.54) is 5.56 Å². The molecule has 86 valence electrons. The molecule has 0 amide bonds. The highest BCUT2D eigenvalue weighted by Gasteiger charge is 2.12. The summed E-state index contributed by atoms with van der Waals surface area (Å²) in [6.45, 7) is 9.04. The Morgan fingerprint density at radius 2 is 2.07 bits per heavy atom. The second kappa shape index (κ2) is 5.33. The van der Waals surface area contributed by atoms with Gasteiger partial charge in [-0.25, -0.2) is 0 Å². The highest BCUT2D eigenvalue weighted by molar-refractivity contribution is 5.19. The zero-order chi connectivity index (χ0) is 11.4. The molecule has 0 radical (unpaired) electrons. The molecule has 0 aliphatic carbocycles. The summed E-state index contributed by atoms with van der Waals surface area (Å²) in [7, 11) is 0. The predicted molar refractivity (Wildman–Crippen MR) is 60.7 cm³/mol. The van der Waals surface area contributed by atoms with Crippen molar-refractivity contribution >= 4 is 0 Å². The van der Waals surface area contributed by atoms with Crippen molar-refractivity contribution in [3.63, 3.8) is 0 Å². The molecule has 1 heterocycles. The van der Waals surface area contributed by atoms with E-state index in [0.717, 1.165) is 18.1 Å². The van der Waals surface area contributed by atoms with Gasteiger partial charge in [0.1, 0.15) is 11.5 Å². The zero-order valence-electron chi connectivity index (χ0n) is 10.0. The van der Waals surface area contributed by atoms with E-state index in [1.54, 1.807) is 0 Å². The van der Waals surface area contributed by atoms with Crippen LogP contribution in [-0.4, -0.2) is 17.8 Å². The minimum atomic E-state index is 0.152. The number of aryl methyl sites for hydroxylation is 2. The minimum absolute atomic E-state index is 0.152. The fraction of sp³-hybridized carbons (Fsp3) is 0.667. The summed E-state index contributed by atoms with van der Waals surface area (Å²) >= 11 is 0. The number of hydrogen-bond acceptors (Lipinski definition) is 3. The van der Waals surface area contributed by atoms with E-state index in [-0.39, 0.29) is 12.6 Å². The SMILES string of the molecule is Cc1cc(CN[C@H](CO)C(C)C)c(C)o1. The summed E-state index contributed by atoms with van der Waals surface area (Å²) in [5, 5.41) is 12.5. The number of rotatable bonds is 5. The average Bonchev–Trinajstić information content (AvgIpc) is 2.45. The summed E-state index contributed by atoms with van der Waals surface area (Å²) < 4.78 is 5.44. The van der Waals surface area contributed by atoms with Gasteiger partial charge in [0.15, 0.2) is 0 Å². The van der Waals surface area contributed by atoms with Crippen molar-refractivity contribution in [2.24, 2.45) is 5.92 Å². The molecule has 3 nitrogen and oxygen atoms in total. The Balaban J connectivity index is 2.52. The number of furan rings is 1. The van der Waals surface area contributed by atoms with E-state index in [1.807, 2.05) is 19.9 Å². The van der Waals surface area contributed by atoms with Crippen molar-refractivity contribution in [3.05, 3.63) is 23.2 Å². The van der Waals surface area contributed by atoms with E-state index in [0.29, 0.717) is 5.92 Å². The third-order valence-corrected chi connectivity index (χ3v) is 2.70. The summed E-state index contributed by atoms with van der Waals surface area (Å²) in [4.78, 5) is 0. The molecule has 0 saturated heterocycles. The zero-order valence-corrected chi connectivity index (χ0v) is 10.0. The lowest BCUT2D eigenvalue weighted by molar-refractivity contribution is 0.210. The molecule has 1 rings (SSSR count). The summed E-state index contributed by atoms with van der Waals surface area (Å²) in [6, 6.07) is 2.19. The Morgan fingerprint density at radius 1 is 1.40 bits per heavy atom. The molecule has 0 unspecified atom stereocenters. The minimum Gasteiger partial charge on any atom is -0.466 e. The van der Waals surface area contributed by atoms with E-state index in [4.69, 9.17) is 9.52 Å². The van der Waals surface area contributed by atoms with Crippen molar-refractivity contribution in [3.8, 4) is 0 Å². The maximum absolute atomic E-state index is 9.16. The first-order chi connectivity index (χ1) is 7.04. The van der Waals surface area contributed by atoms with Gasteiger partial charge in [0.2, 0.25) is 0 Å². The molecule has 0 aromatic carbocycles. The van der Waals surface area contributed by atoms with E-state index in [9.17, 15) is 0 Å². The van der Waals surface area contributed by atoms with Gasteiger partial charge < -0.3 is 14.8 Å². The smallest absolute Gasteiger partial charge is 0.105 e. The molecule has 0 bridgehead atoms. The highest BCUT2D eigenvalue weighted by atomic mass is 16.3. The highest BCUT2D eigenvalue weighted by Crippen LogP contribution is 2.14. The van der Waals surface area contributed by atoms with Crippen LogP contribution >= 0.6 is 0 Å². The van der Waals surface area contributed by atoms with Gasteiger partial charge in [-0.2, -0.15) is 0 Å². The molecule has 0 fully saturated rings. The molecular weight excluding hydrogens is 190 g/mol. The first-order valence-electron chi connectivity index (χ1n) is 5.44. The molecule has 3 heteroatoms. The number of nitrogens with one attached hydrogen (secondary N) is 1. The standard InChI is InChI=1S/C12H21NO2/c1-8(2)12(7-14)13-6-11-5-9(3)15-10(11)4/h5,8,12-14H,6-7H2,1-4H3/t12-/m1/s1. The maximum atomic E-state index is 9.16. The molecule has 15 heavy (non-hydrogen) atoms. The van der Waals surface area contributed by atoms with Crippen LogP contribution in [0.3, 0.4) is 0 Å². The van der Waals surface area contributed by atoms with Gasteiger partial charge in [0, 0.05) is 18.2 Å². The van der Waals surface area contributed by atoms with Crippen LogP contribution in [0, 0.1) is 19.8 Å². The second-order valence-corrected chi connectivity index (χ2v) is 4.35. The summed E-state index contributed by atoms with van der Waals surface area (Å²) in [5.74, 6) is 2.33. The maximum Gasteiger partial charge on any atom is 0.105 e. The number of aliphatic hydroxyl groups excluding tert-OH is 1. The van der Waals surface area contributed by atoms with E-state index < -0.39 is 0 Å². The van der Waals surface area contributed by atoms with Crippen molar-refractivity contribution < 1.29 is 9.52 Å². The van der Waals surface area contributed by atoms with E-state index in [2.05, 4.69) is 19.2 Å². The normalized spacial score (nSPS) is 13.5. The summed E-state index contributed by atoms with van der Waals surface area (Å²) in [6.07, 6.45) is 0. The summed E-state index contributed by atoms with van der Waals surface area (Å²) in [5.41, 5.74) is 1.17. The van der Waals surface area contributed by atoms with Gasteiger partial charge in [0.05, 0.1) is 6.61 Å². The lowest BCUT2D eigenvalue weighted by Gasteiger charge is -2.19. The fourth-order valence-corrected chi connectivity index (χ4v) is 1.61. The van der Waals surface area contributed by atoms with Gasteiger partial charge in [-0.1, -0.05) is 13.8 Å². The first-order valence-corrected chi connectivity index (χ1v) is 5.44. The Hall–Kier alpha value is -0.800. The molecule has 0 saturated carbocycles. The van der Waals surface area contributed by atoms with Crippen LogP contribution in [0.25, 0.3) is 0 Å². The third-order valence-electron chi connectivity index (χ3n) is 2.70. The monoisotopic (exact) mass is 211 g/mol. The van der Waals surface area contributed by atoms with Crippen LogP contribution in [0.1, 0.15) is 30.9 Å². The molecule has 1 aromatic rings. The fourth-order valence-electron chi connectivity index (χ4n) is 1.61. The van der Waals surface area contributed by atoms with E-state index >= 15 is 0 Å². The number of aliphatic hydroxyl groups is 1. The Morgan fingerprint density at radius 3 is 2.47 bits per heavy atom. The van der Waals surface area contributed by atoms with Crippen molar-refractivity contribution in [1.82, 2.24) is 5.32 Å². The second-order valence-electron chi connectivity index (χ2n) is 4.35.